The van der Waals surface area contributed by atoms with Crippen molar-refractivity contribution in [3.8, 4) is 0 Å². The lowest BCUT2D eigenvalue weighted by atomic mass is 9.86. The van der Waals surface area contributed by atoms with Crippen LogP contribution in [-0.4, -0.2) is 23.2 Å². The number of anilines is 1. The molecule has 0 amide bonds. The van der Waals surface area contributed by atoms with Crippen molar-refractivity contribution in [1.29, 1.82) is 0 Å². The highest BCUT2D eigenvalue weighted by Gasteiger charge is 2.24. The van der Waals surface area contributed by atoms with Crippen LogP contribution in [0.1, 0.15) is 64.6 Å². The van der Waals surface area contributed by atoms with Crippen molar-refractivity contribution in [2.45, 2.75) is 71.4 Å². The van der Waals surface area contributed by atoms with Gasteiger partial charge in [-0.3, -0.25) is 0 Å². The largest absolute Gasteiger partial charge is 0.392 e. The first kappa shape index (κ1) is 16.3. The number of hydrogen-bond acceptors (Lipinski definition) is 3. The van der Waals surface area contributed by atoms with Crippen molar-refractivity contribution < 1.29 is 5.11 Å². The third kappa shape index (κ3) is 3.97. The van der Waals surface area contributed by atoms with E-state index in [1.54, 1.807) is 0 Å². The Hall–Kier alpha value is -1.09. The lowest BCUT2D eigenvalue weighted by Crippen LogP contribution is -2.35. The van der Waals surface area contributed by atoms with E-state index in [0.29, 0.717) is 6.04 Å². The predicted octanol–water partition coefficient (Wildman–Crippen LogP) is 3.89. The minimum Gasteiger partial charge on any atom is -0.392 e. The van der Waals surface area contributed by atoms with Crippen LogP contribution < -0.4 is 4.90 Å². The smallest absolute Gasteiger partial charge is 0.129 e. The van der Waals surface area contributed by atoms with Gasteiger partial charge in [-0.1, -0.05) is 27.7 Å². The van der Waals surface area contributed by atoms with E-state index in [4.69, 9.17) is 4.98 Å². The van der Waals surface area contributed by atoms with Gasteiger partial charge in [0.25, 0.3) is 0 Å². The third-order valence-electron chi connectivity index (χ3n) is 4.72. The van der Waals surface area contributed by atoms with Crippen molar-refractivity contribution in [3.05, 3.63) is 23.4 Å². The molecule has 0 spiro atoms. The summed E-state index contributed by atoms with van der Waals surface area (Å²) >= 11 is 0. The van der Waals surface area contributed by atoms with Gasteiger partial charge in [0, 0.05) is 24.2 Å². The third-order valence-corrected chi connectivity index (χ3v) is 4.72. The van der Waals surface area contributed by atoms with E-state index in [1.807, 2.05) is 12.1 Å². The average molecular weight is 290 g/mol. The zero-order valence-corrected chi connectivity index (χ0v) is 14.2. The van der Waals surface area contributed by atoms with Gasteiger partial charge in [-0.2, -0.15) is 0 Å². The van der Waals surface area contributed by atoms with E-state index in [1.165, 1.54) is 25.7 Å². The fourth-order valence-corrected chi connectivity index (χ4v) is 3.04. The van der Waals surface area contributed by atoms with Gasteiger partial charge >= 0.3 is 0 Å². The fourth-order valence-electron chi connectivity index (χ4n) is 3.04. The molecule has 1 aliphatic rings. The van der Waals surface area contributed by atoms with Gasteiger partial charge < -0.3 is 10.0 Å². The van der Waals surface area contributed by atoms with Crippen molar-refractivity contribution in [2.24, 2.45) is 5.92 Å². The summed E-state index contributed by atoms with van der Waals surface area (Å²) in [6.45, 7) is 8.93. The lowest BCUT2D eigenvalue weighted by molar-refractivity contribution is 0.281. The van der Waals surface area contributed by atoms with Crippen molar-refractivity contribution in [1.82, 2.24) is 4.98 Å². The zero-order valence-electron chi connectivity index (χ0n) is 14.2. The summed E-state index contributed by atoms with van der Waals surface area (Å²) in [6.07, 6.45) is 5.10. The SMILES string of the molecule is CC1CCC(N(C)c2cc(CO)cc(C(C)(C)C)n2)CC1. The highest BCUT2D eigenvalue weighted by Crippen LogP contribution is 2.30. The van der Waals surface area contributed by atoms with Crippen LogP contribution in [0.15, 0.2) is 12.1 Å². The first-order valence-corrected chi connectivity index (χ1v) is 8.16. The number of rotatable bonds is 3. The summed E-state index contributed by atoms with van der Waals surface area (Å²) in [5.41, 5.74) is 2.02. The molecule has 1 saturated carbocycles. The van der Waals surface area contributed by atoms with Gasteiger partial charge in [-0.05, 0) is 49.3 Å². The fraction of sp³-hybridized carbons (Fsp3) is 0.722. The van der Waals surface area contributed by atoms with Gasteiger partial charge in [-0.25, -0.2) is 4.98 Å². The Morgan fingerprint density at radius 1 is 1.19 bits per heavy atom. The van der Waals surface area contributed by atoms with Crippen LogP contribution in [0, 0.1) is 5.92 Å². The Balaban J connectivity index is 2.25. The molecule has 0 radical (unpaired) electrons. The second-order valence-electron chi connectivity index (χ2n) is 7.65. The van der Waals surface area contributed by atoms with E-state index >= 15 is 0 Å². The quantitative estimate of drug-likeness (QED) is 0.917. The molecule has 1 aliphatic carbocycles. The topological polar surface area (TPSA) is 36.4 Å². The Morgan fingerprint density at radius 3 is 2.33 bits per heavy atom. The molecule has 0 atom stereocenters. The van der Waals surface area contributed by atoms with Crippen molar-refractivity contribution in [2.75, 3.05) is 11.9 Å². The molecule has 0 saturated heterocycles. The van der Waals surface area contributed by atoms with Crippen molar-refractivity contribution in [3.63, 3.8) is 0 Å². The molecule has 1 fully saturated rings. The number of aromatic nitrogens is 1. The van der Waals surface area contributed by atoms with Crippen LogP contribution in [0.5, 0.6) is 0 Å². The number of aliphatic hydroxyl groups excluding tert-OH is 1. The van der Waals surface area contributed by atoms with E-state index in [0.717, 1.165) is 23.0 Å². The maximum absolute atomic E-state index is 9.53. The molecular formula is C18H30N2O. The van der Waals surface area contributed by atoms with Gasteiger partial charge in [0.05, 0.1) is 6.61 Å². The molecule has 3 heteroatoms. The monoisotopic (exact) mass is 290 g/mol. The van der Waals surface area contributed by atoms with Crippen LogP contribution in [0.3, 0.4) is 0 Å². The molecule has 118 valence electrons. The van der Waals surface area contributed by atoms with Gasteiger partial charge in [-0.15, -0.1) is 0 Å². The van der Waals surface area contributed by atoms with E-state index in [-0.39, 0.29) is 12.0 Å². The van der Waals surface area contributed by atoms with E-state index in [2.05, 4.69) is 39.6 Å². The molecule has 2 rings (SSSR count). The molecule has 1 aromatic rings. The van der Waals surface area contributed by atoms with Gasteiger partial charge in [0.15, 0.2) is 0 Å². The molecular weight excluding hydrogens is 260 g/mol. The number of nitrogens with zero attached hydrogens (tertiary/aromatic N) is 2. The molecule has 1 N–H and O–H groups in total. The van der Waals surface area contributed by atoms with Gasteiger partial charge in [0.2, 0.25) is 0 Å². The minimum atomic E-state index is 0.00183. The predicted molar refractivity (Wildman–Crippen MR) is 88.7 cm³/mol. The highest BCUT2D eigenvalue weighted by molar-refractivity contribution is 5.44. The van der Waals surface area contributed by atoms with Gasteiger partial charge in [0.1, 0.15) is 5.82 Å². The molecule has 21 heavy (non-hydrogen) atoms. The number of pyridine rings is 1. The maximum atomic E-state index is 9.53. The lowest BCUT2D eigenvalue weighted by Gasteiger charge is -2.35. The molecule has 0 bridgehead atoms. The maximum Gasteiger partial charge on any atom is 0.129 e. The first-order valence-electron chi connectivity index (χ1n) is 8.16. The van der Waals surface area contributed by atoms with Crippen molar-refractivity contribution >= 4 is 5.82 Å². The molecule has 0 unspecified atom stereocenters. The van der Waals surface area contributed by atoms with Crippen LogP contribution in [0.4, 0.5) is 5.82 Å². The van der Waals surface area contributed by atoms with Crippen LogP contribution in [0.2, 0.25) is 0 Å². The Kier molecular flexibility index (Phi) is 4.92. The number of aliphatic hydroxyl groups is 1. The normalized spacial score (nSPS) is 23.1. The van der Waals surface area contributed by atoms with Crippen LogP contribution >= 0.6 is 0 Å². The Morgan fingerprint density at radius 2 is 1.81 bits per heavy atom. The molecule has 0 aliphatic heterocycles. The first-order chi connectivity index (χ1) is 9.81. The standard InChI is InChI=1S/C18H30N2O/c1-13-6-8-15(9-7-13)20(5)17-11-14(12-21)10-16(19-17)18(2,3)4/h10-11,13,15,21H,6-9,12H2,1-5H3. The molecule has 3 nitrogen and oxygen atoms in total. The second-order valence-corrected chi connectivity index (χ2v) is 7.65. The molecule has 1 aromatic heterocycles. The summed E-state index contributed by atoms with van der Waals surface area (Å²) in [4.78, 5) is 7.18. The minimum absolute atomic E-state index is 0.00183. The Bertz CT molecular complexity index is 471. The zero-order chi connectivity index (χ0) is 15.6. The molecule has 1 heterocycles. The van der Waals surface area contributed by atoms with Crippen LogP contribution in [-0.2, 0) is 12.0 Å². The van der Waals surface area contributed by atoms with E-state index < -0.39 is 0 Å². The number of hydrogen-bond donors (Lipinski definition) is 1. The highest BCUT2D eigenvalue weighted by atomic mass is 16.3. The van der Waals surface area contributed by atoms with Crippen LogP contribution in [0.25, 0.3) is 0 Å². The Labute approximate surface area is 129 Å². The summed E-state index contributed by atoms with van der Waals surface area (Å²) in [7, 11) is 2.15. The van der Waals surface area contributed by atoms with E-state index in [9.17, 15) is 5.11 Å². The summed E-state index contributed by atoms with van der Waals surface area (Å²) in [5, 5.41) is 9.53. The summed E-state index contributed by atoms with van der Waals surface area (Å²) < 4.78 is 0. The molecule has 0 aromatic carbocycles. The second kappa shape index (κ2) is 6.35. The average Bonchev–Trinajstić information content (AvgIpc) is 2.46. The summed E-state index contributed by atoms with van der Waals surface area (Å²) in [5.74, 6) is 1.86. The summed E-state index contributed by atoms with van der Waals surface area (Å²) in [6, 6.07) is 4.64.